The molecule has 0 radical (unpaired) electrons. The molecule has 1 heterocycles. The molecule has 0 atom stereocenters. The van der Waals surface area contributed by atoms with Crippen molar-refractivity contribution in [2.24, 2.45) is 4.40 Å². The molecule has 0 bridgehead atoms. The molecule has 0 N–H and O–H groups in total. The Labute approximate surface area is 164 Å². The van der Waals surface area contributed by atoms with Crippen molar-refractivity contribution >= 4 is 27.5 Å². The first kappa shape index (κ1) is 19.7. The lowest BCUT2D eigenvalue weighted by molar-refractivity contribution is -0.118. The summed E-state index contributed by atoms with van der Waals surface area (Å²) in [5.74, 6) is 1.09. The number of fused-ring (bicyclic) bond motifs is 1. The third kappa shape index (κ3) is 3.53. The first-order valence-corrected chi connectivity index (χ1v) is 9.86. The van der Waals surface area contributed by atoms with Gasteiger partial charge in [-0.25, -0.2) is 0 Å². The Morgan fingerprint density at radius 1 is 1.04 bits per heavy atom. The molecule has 0 spiro atoms. The molecule has 0 aromatic heterocycles. The number of amidine groups is 1. The number of hydrogen-bond acceptors (Lipinski definition) is 6. The number of anilines is 1. The van der Waals surface area contributed by atoms with Crippen LogP contribution in [0.5, 0.6) is 11.5 Å². The summed E-state index contributed by atoms with van der Waals surface area (Å²) >= 11 is 0. The second-order valence-electron chi connectivity index (χ2n) is 6.23. The van der Waals surface area contributed by atoms with E-state index in [0.717, 1.165) is 0 Å². The van der Waals surface area contributed by atoms with Crippen LogP contribution in [0, 0.1) is 0 Å². The highest BCUT2D eigenvalue weighted by Gasteiger charge is 2.31. The van der Waals surface area contributed by atoms with Gasteiger partial charge in [0.1, 0.15) is 4.90 Å². The van der Waals surface area contributed by atoms with E-state index in [4.69, 9.17) is 9.47 Å². The summed E-state index contributed by atoms with van der Waals surface area (Å²) in [7, 11) is 2.60. The summed E-state index contributed by atoms with van der Waals surface area (Å²) in [6.45, 7) is -0.0481. The Morgan fingerprint density at radius 3 is 2.39 bits per heavy atom. The maximum atomic E-state index is 12.7. The largest absolute Gasteiger partial charge is 0.493 e. The summed E-state index contributed by atoms with van der Waals surface area (Å²) < 4.78 is 38.7. The van der Waals surface area contributed by atoms with Gasteiger partial charge in [-0.2, -0.15) is 8.42 Å². The molecule has 0 saturated heterocycles. The van der Waals surface area contributed by atoms with Crippen LogP contribution in [0.4, 0.5) is 5.69 Å². The van der Waals surface area contributed by atoms with Gasteiger partial charge < -0.3 is 19.3 Å². The van der Waals surface area contributed by atoms with Crippen LogP contribution < -0.4 is 14.4 Å². The lowest BCUT2D eigenvalue weighted by Crippen LogP contribution is -2.39. The van der Waals surface area contributed by atoms with E-state index < -0.39 is 10.0 Å². The van der Waals surface area contributed by atoms with Crippen LogP contribution in [-0.2, 0) is 14.8 Å². The van der Waals surface area contributed by atoms with Gasteiger partial charge >= 0.3 is 0 Å². The molecule has 8 nitrogen and oxygen atoms in total. The third-order valence-corrected chi connectivity index (χ3v) is 5.80. The van der Waals surface area contributed by atoms with E-state index in [1.54, 1.807) is 50.5 Å². The molecule has 0 aliphatic carbocycles. The second kappa shape index (κ2) is 7.51. The minimum atomic E-state index is -3.73. The Morgan fingerprint density at radius 2 is 1.71 bits per heavy atom. The normalized spacial score (nSPS) is 14.1. The minimum Gasteiger partial charge on any atom is -0.493 e. The first-order chi connectivity index (χ1) is 13.3. The fraction of sp³-hybridized carbons (Fsp3) is 0.263. The van der Waals surface area contributed by atoms with Crippen molar-refractivity contribution in [1.82, 2.24) is 4.90 Å². The average Bonchev–Trinajstić information content (AvgIpc) is 2.98. The molecule has 3 rings (SSSR count). The molecule has 28 heavy (non-hydrogen) atoms. The number of nitrogens with zero attached hydrogens (tertiary/aromatic N) is 3. The number of ether oxygens (including phenoxy) is 2. The fourth-order valence-corrected chi connectivity index (χ4v) is 4.18. The van der Waals surface area contributed by atoms with Gasteiger partial charge in [0.05, 0.1) is 20.8 Å². The highest BCUT2D eigenvalue weighted by atomic mass is 32.2. The highest BCUT2D eigenvalue weighted by molar-refractivity contribution is 7.90. The van der Waals surface area contributed by atoms with Crippen LogP contribution in [-0.4, -0.2) is 59.9 Å². The average molecular weight is 403 g/mol. The zero-order valence-corrected chi connectivity index (χ0v) is 16.9. The Bertz CT molecular complexity index is 1050. The Kier molecular flexibility index (Phi) is 5.28. The number of rotatable bonds is 5. The monoisotopic (exact) mass is 403 g/mol. The quantitative estimate of drug-likeness (QED) is 0.756. The molecule has 9 heteroatoms. The lowest BCUT2D eigenvalue weighted by atomic mass is 10.2. The van der Waals surface area contributed by atoms with Crippen molar-refractivity contribution < 1.29 is 22.7 Å². The summed E-state index contributed by atoms with van der Waals surface area (Å²) in [6, 6.07) is 11.7. The van der Waals surface area contributed by atoms with E-state index in [9.17, 15) is 13.2 Å². The number of likely N-dealkylation sites (N-methyl/N-ethyl adjacent to an activating group) is 2. The van der Waals surface area contributed by atoms with Gasteiger partial charge in [-0.1, -0.05) is 12.1 Å². The molecule has 1 aliphatic heterocycles. The van der Waals surface area contributed by atoms with Crippen molar-refractivity contribution in [2.45, 2.75) is 4.90 Å². The standard InChI is InChI=1S/C19H21N3O5S/c1-21(19-14-7-5-6-8-17(14)28(24,25)20-19)12-18(23)22(2)13-9-10-15(26-3)16(11-13)27-4/h5-11H,12H2,1-4H3. The third-order valence-electron chi connectivity index (χ3n) is 4.48. The molecule has 2 aromatic rings. The zero-order chi connectivity index (χ0) is 20.5. The van der Waals surface area contributed by atoms with E-state index >= 15 is 0 Å². The smallest absolute Gasteiger partial charge is 0.285 e. The maximum Gasteiger partial charge on any atom is 0.285 e. The van der Waals surface area contributed by atoms with Crippen LogP contribution in [0.25, 0.3) is 0 Å². The molecule has 1 aliphatic rings. The molecule has 0 fully saturated rings. The second-order valence-corrected chi connectivity index (χ2v) is 7.81. The molecule has 148 valence electrons. The van der Waals surface area contributed by atoms with Crippen molar-refractivity contribution in [3.8, 4) is 11.5 Å². The van der Waals surface area contributed by atoms with Gasteiger partial charge in [-0.05, 0) is 24.3 Å². The van der Waals surface area contributed by atoms with Crippen LogP contribution >= 0.6 is 0 Å². The predicted octanol–water partition coefficient (Wildman–Crippen LogP) is 1.75. The summed E-state index contributed by atoms with van der Waals surface area (Å²) in [6.07, 6.45) is 0. The van der Waals surface area contributed by atoms with Crippen LogP contribution in [0.2, 0.25) is 0 Å². The Balaban J connectivity index is 1.80. The Hall–Kier alpha value is -3.07. The minimum absolute atomic E-state index is 0.0481. The number of sulfonamides is 1. The maximum absolute atomic E-state index is 12.7. The van der Waals surface area contributed by atoms with Crippen LogP contribution in [0.15, 0.2) is 51.8 Å². The van der Waals surface area contributed by atoms with E-state index in [0.29, 0.717) is 22.7 Å². The van der Waals surface area contributed by atoms with Crippen molar-refractivity contribution in [3.63, 3.8) is 0 Å². The highest BCUT2D eigenvalue weighted by Crippen LogP contribution is 2.31. The first-order valence-electron chi connectivity index (χ1n) is 8.42. The number of amides is 1. The lowest BCUT2D eigenvalue weighted by Gasteiger charge is -2.24. The van der Waals surface area contributed by atoms with Gasteiger partial charge in [0, 0.05) is 31.4 Å². The van der Waals surface area contributed by atoms with Crippen molar-refractivity contribution in [1.29, 1.82) is 0 Å². The number of methoxy groups -OCH3 is 2. The summed E-state index contributed by atoms with van der Waals surface area (Å²) in [4.78, 5) is 15.9. The van der Waals surface area contributed by atoms with Crippen molar-refractivity contribution in [3.05, 3.63) is 48.0 Å². The molecule has 2 aromatic carbocycles. The van der Waals surface area contributed by atoms with Crippen molar-refractivity contribution in [2.75, 3.05) is 39.8 Å². The topological polar surface area (TPSA) is 88.5 Å². The predicted molar refractivity (Wildman–Crippen MR) is 106 cm³/mol. The van der Waals surface area contributed by atoms with E-state index in [-0.39, 0.29) is 23.2 Å². The number of hydrogen-bond donors (Lipinski definition) is 0. The SMILES string of the molecule is COc1ccc(N(C)C(=O)CN(C)C2=NS(=O)(=O)c3ccccc32)cc1OC. The van der Waals surface area contributed by atoms with Gasteiger partial charge in [0.2, 0.25) is 5.91 Å². The summed E-state index contributed by atoms with van der Waals surface area (Å²) in [5.41, 5.74) is 1.11. The molecular formula is C19H21N3O5S. The molecular weight excluding hydrogens is 382 g/mol. The van der Waals surface area contributed by atoms with Gasteiger partial charge in [0.25, 0.3) is 10.0 Å². The zero-order valence-electron chi connectivity index (χ0n) is 16.0. The van der Waals surface area contributed by atoms with E-state index in [1.807, 2.05) is 0 Å². The van der Waals surface area contributed by atoms with Gasteiger partial charge in [-0.3, -0.25) is 4.79 Å². The molecule has 0 saturated carbocycles. The number of benzene rings is 2. The fourth-order valence-electron chi connectivity index (χ4n) is 2.93. The number of carbonyl (C=O) groups is 1. The van der Waals surface area contributed by atoms with Gasteiger partial charge in [-0.15, -0.1) is 4.40 Å². The summed E-state index contributed by atoms with van der Waals surface area (Å²) in [5, 5.41) is 0. The van der Waals surface area contributed by atoms with Crippen LogP contribution in [0.1, 0.15) is 5.56 Å². The molecule has 1 amide bonds. The van der Waals surface area contributed by atoms with Gasteiger partial charge in [0.15, 0.2) is 17.3 Å². The van der Waals surface area contributed by atoms with E-state index in [2.05, 4.69) is 4.40 Å². The number of carbonyl (C=O) groups excluding carboxylic acids is 1. The molecule has 0 unspecified atom stereocenters. The van der Waals surface area contributed by atoms with E-state index in [1.165, 1.54) is 30.1 Å². The van der Waals surface area contributed by atoms with Crippen LogP contribution in [0.3, 0.4) is 0 Å².